The summed E-state index contributed by atoms with van der Waals surface area (Å²) < 4.78 is 5.30. The monoisotopic (exact) mass is 343 g/mol. The van der Waals surface area contributed by atoms with Crippen LogP contribution in [0.3, 0.4) is 0 Å². The highest BCUT2D eigenvalue weighted by Gasteiger charge is 2.18. The first-order valence-corrected chi connectivity index (χ1v) is 8.30. The molecule has 124 valence electrons. The first kappa shape index (κ1) is 16.2. The standard InChI is InChI=1S/C17H17N3O3S/c1-10-13-15(21)19-9-20-17(13)24-14(10)16(22)18-8-7-11-5-3-4-6-12(11)23-2/h3-6,9H,7-8H2,1-2H3,(H,18,22)(H,19,20,21). The van der Waals surface area contributed by atoms with Gasteiger partial charge in [0, 0.05) is 6.54 Å². The van der Waals surface area contributed by atoms with Gasteiger partial charge in [0.25, 0.3) is 11.5 Å². The summed E-state index contributed by atoms with van der Waals surface area (Å²) in [7, 11) is 1.63. The maximum absolute atomic E-state index is 12.4. The number of amides is 1. The average Bonchev–Trinajstić information content (AvgIpc) is 2.93. The number of rotatable bonds is 5. The number of aromatic amines is 1. The third kappa shape index (κ3) is 3.03. The van der Waals surface area contributed by atoms with Crippen molar-refractivity contribution in [2.24, 2.45) is 0 Å². The SMILES string of the molecule is COc1ccccc1CCNC(=O)c1sc2nc[nH]c(=O)c2c1C. The van der Waals surface area contributed by atoms with Gasteiger partial charge in [-0.05, 0) is 30.5 Å². The second-order valence-electron chi connectivity index (χ2n) is 5.29. The van der Waals surface area contributed by atoms with E-state index in [0.29, 0.717) is 33.6 Å². The zero-order valence-corrected chi connectivity index (χ0v) is 14.2. The van der Waals surface area contributed by atoms with Gasteiger partial charge in [-0.3, -0.25) is 9.59 Å². The molecule has 6 nitrogen and oxygen atoms in total. The van der Waals surface area contributed by atoms with Crippen LogP contribution < -0.4 is 15.6 Å². The third-order valence-electron chi connectivity index (χ3n) is 3.81. The number of hydrogen-bond donors (Lipinski definition) is 2. The number of thiophene rings is 1. The molecular weight excluding hydrogens is 326 g/mol. The number of aromatic nitrogens is 2. The maximum Gasteiger partial charge on any atom is 0.261 e. The lowest BCUT2D eigenvalue weighted by atomic mass is 10.1. The first-order valence-electron chi connectivity index (χ1n) is 7.48. The number of nitrogens with one attached hydrogen (secondary N) is 2. The summed E-state index contributed by atoms with van der Waals surface area (Å²) in [6, 6.07) is 7.71. The number of benzene rings is 1. The largest absolute Gasteiger partial charge is 0.496 e. The van der Waals surface area contributed by atoms with Gasteiger partial charge >= 0.3 is 0 Å². The van der Waals surface area contributed by atoms with E-state index in [2.05, 4.69) is 15.3 Å². The van der Waals surface area contributed by atoms with E-state index in [1.54, 1.807) is 14.0 Å². The molecule has 0 bridgehead atoms. The van der Waals surface area contributed by atoms with Crippen LogP contribution in [0.25, 0.3) is 10.2 Å². The molecule has 2 aromatic heterocycles. The summed E-state index contributed by atoms with van der Waals surface area (Å²) in [5, 5.41) is 3.38. The Morgan fingerprint density at radius 3 is 2.92 bits per heavy atom. The van der Waals surface area contributed by atoms with Crippen LogP contribution in [0.5, 0.6) is 5.75 Å². The lowest BCUT2D eigenvalue weighted by molar-refractivity contribution is 0.0957. The molecule has 0 spiro atoms. The van der Waals surface area contributed by atoms with Crippen LogP contribution in [0.1, 0.15) is 20.8 Å². The smallest absolute Gasteiger partial charge is 0.261 e. The zero-order valence-electron chi connectivity index (χ0n) is 13.4. The number of nitrogens with zero attached hydrogens (tertiary/aromatic N) is 1. The summed E-state index contributed by atoms with van der Waals surface area (Å²) in [5.74, 6) is 0.616. The summed E-state index contributed by atoms with van der Waals surface area (Å²) in [6.45, 7) is 2.25. The number of hydrogen-bond acceptors (Lipinski definition) is 5. The van der Waals surface area contributed by atoms with E-state index in [1.165, 1.54) is 17.7 Å². The van der Waals surface area contributed by atoms with E-state index in [0.717, 1.165) is 11.3 Å². The number of carbonyl (C=O) groups is 1. The van der Waals surface area contributed by atoms with Crippen molar-refractivity contribution in [3.05, 3.63) is 57.0 Å². The minimum atomic E-state index is -0.221. The zero-order chi connectivity index (χ0) is 17.1. The molecule has 2 N–H and O–H groups in total. The Bertz CT molecular complexity index is 946. The van der Waals surface area contributed by atoms with Gasteiger partial charge in [0.15, 0.2) is 0 Å². The number of para-hydroxylation sites is 1. The Labute approximate surface area is 142 Å². The number of carbonyl (C=O) groups excluding carboxylic acids is 1. The fourth-order valence-corrected chi connectivity index (χ4v) is 3.66. The quantitative estimate of drug-likeness (QED) is 0.744. The molecule has 0 unspecified atom stereocenters. The number of ether oxygens (including phenoxy) is 1. The fraction of sp³-hybridized carbons (Fsp3) is 0.235. The normalized spacial score (nSPS) is 10.8. The first-order chi connectivity index (χ1) is 11.6. The van der Waals surface area contributed by atoms with Gasteiger partial charge in [0.1, 0.15) is 10.6 Å². The van der Waals surface area contributed by atoms with Crippen molar-refractivity contribution < 1.29 is 9.53 Å². The van der Waals surface area contributed by atoms with Crippen molar-refractivity contribution in [3.63, 3.8) is 0 Å². The van der Waals surface area contributed by atoms with Crippen LogP contribution in [0, 0.1) is 6.92 Å². The van der Waals surface area contributed by atoms with Crippen LogP contribution in [-0.2, 0) is 6.42 Å². The van der Waals surface area contributed by atoms with E-state index in [1.807, 2.05) is 24.3 Å². The third-order valence-corrected chi connectivity index (χ3v) is 5.01. The lowest BCUT2D eigenvalue weighted by Gasteiger charge is -2.08. The number of H-pyrrole nitrogens is 1. The minimum Gasteiger partial charge on any atom is -0.496 e. The Hall–Kier alpha value is -2.67. The lowest BCUT2D eigenvalue weighted by Crippen LogP contribution is -2.25. The molecule has 0 saturated heterocycles. The molecule has 0 fully saturated rings. The molecule has 0 aliphatic carbocycles. The molecule has 1 aromatic carbocycles. The van der Waals surface area contributed by atoms with Gasteiger partial charge in [-0.1, -0.05) is 18.2 Å². The molecular formula is C17H17N3O3S. The van der Waals surface area contributed by atoms with Crippen LogP contribution in [-0.4, -0.2) is 29.5 Å². The molecule has 0 saturated carbocycles. The number of methoxy groups -OCH3 is 1. The second kappa shape index (κ2) is 6.84. The topological polar surface area (TPSA) is 84.1 Å². The van der Waals surface area contributed by atoms with Crippen molar-refractivity contribution in [1.29, 1.82) is 0 Å². The molecule has 7 heteroatoms. The van der Waals surface area contributed by atoms with E-state index < -0.39 is 0 Å². The van der Waals surface area contributed by atoms with Crippen LogP contribution >= 0.6 is 11.3 Å². The molecule has 3 aromatic rings. The van der Waals surface area contributed by atoms with Gasteiger partial charge in [0.05, 0.1) is 23.7 Å². The summed E-state index contributed by atoms with van der Waals surface area (Å²) >= 11 is 1.23. The van der Waals surface area contributed by atoms with Crippen molar-refractivity contribution in [2.75, 3.05) is 13.7 Å². The van der Waals surface area contributed by atoms with E-state index in [-0.39, 0.29) is 11.5 Å². The van der Waals surface area contributed by atoms with E-state index in [4.69, 9.17) is 4.74 Å². The second-order valence-corrected chi connectivity index (χ2v) is 6.28. The highest BCUT2D eigenvalue weighted by Crippen LogP contribution is 2.26. The molecule has 0 atom stereocenters. The van der Waals surface area contributed by atoms with Crippen molar-refractivity contribution in [3.8, 4) is 5.75 Å². The van der Waals surface area contributed by atoms with Crippen molar-refractivity contribution in [1.82, 2.24) is 15.3 Å². The van der Waals surface area contributed by atoms with Gasteiger partial charge < -0.3 is 15.0 Å². The predicted octanol–water partition coefficient (Wildman–Crippen LogP) is 2.27. The highest BCUT2D eigenvalue weighted by atomic mass is 32.1. The van der Waals surface area contributed by atoms with Gasteiger partial charge in [-0.25, -0.2) is 4.98 Å². The molecule has 2 heterocycles. The van der Waals surface area contributed by atoms with E-state index >= 15 is 0 Å². The van der Waals surface area contributed by atoms with Crippen molar-refractivity contribution in [2.45, 2.75) is 13.3 Å². The molecule has 0 radical (unpaired) electrons. The minimum absolute atomic E-state index is 0.190. The van der Waals surface area contributed by atoms with Gasteiger partial charge in [-0.15, -0.1) is 11.3 Å². The Kier molecular flexibility index (Phi) is 4.61. The highest BCUT2D eigenvalue weighted by molar-refractivity contribution is 7.20. The molecule has 3 rings (SSSR count). The van der Waals surface area contributed by atoms with Crippen molar-refractivity contribution >= 4 is 27.5 Å². The summed E-state index contributed by atoms with van der Waals surface area (Å²) in [6.07, 6.45) is 2.02. The number of fused-ring (bicyclic) bond motifs is 1. The maximum atomic E-state index is 12.4. The van der Waals surface area contributed by atoms with E-state index in [9.17, 15) is 9.59 Å². The van der Waals surface area contributed by atoms with Crippen LogP contribution in [0.15, 0.2) is 35.4 Å². The fourth-order valence-electron chi connectivity index (χ4n) is 2.60. The Morgan fingerprint density at radius 1 is 1.38 bits per heavy atom. The molecule has 0 aliphatic heterocycles. The van der Waals surface area contributed by atoms with Crippen LogP contribution in [0.4, 0.5) is 0 Å². The van der Waals surface area contributed by atoms with Gasteiger partial charge in [0.2, 0.25) is 0 Å². The summed E-state index contributed by atoms with van der Waals surface area (Å²) in [5.41, 5.74) is 1.48. The molecule has 1 amide bonds. The predicted molar refractivity (Wildman–Crippen MR) is 94.0 cm³/mol. The number of aryl methyl sites for hydroxylation is 1. The Balaban J connectivity index is 1.73. The molecule has 0 aliphatic rings. The summed E-state index contributed by atoms with van der Waals surface area (Å²) in [4.78, 5) is 32.0. The average molecular weight is 343 g/mol. The van der Waals surface area contributed by atoms with Gasteiger partial charge in [-0.2, -0.15) is 0 Å². The Morgan fingerprint density at radius 2 is 2.17 bits per heavy atom. The van der Waals surface area contributed by atoms with Crippen LogP contribution in [0.2, 0.25) is 0 Å². The molecule has 24 heavy (non-hydrogen) atoms.